The average molecular weight is 429 g/mol. The van der Waals surface area contributed by atoms with E-state index in [0.717, 1.165) is 0 Å². The smallest absolute Gasteiger partial charge is 0.412 e. The molecule has 0 aliphatic rings. The summed E-state index contributed by atoms with van der Waals surface area (Å²) in [5.41, 5.74) is 0.882. The van der Waals surface area contributed by atoms with E-state index in [1.54, 1.807) is 52.8 Å². The predicted octanol–water partition coefficient (Wildman–Crippen LogP) is 4.17. The number of carbonyl (C=O) groups is 3. The number of hydrogen-bond acceptors (Lipinski definition) is 7. The molecule has 0 atom stereocenters. The van der Waals surface area contributed by atoms with Gasteiger partial charge in [-0.15, -0.1) is 0 Å². The van der Waals surface area contributed by atoms with Crippen LogP contribution in [0.2, 0.25) is 0 Å². The summed E-state index contributed by atoms with van der Waals surface area (Å²) in [6.07, 6.45) is -0.652. The molecule has 2 rings (SSSR count). The van der Waals surface area contributed by atoms with Crippen LogP contribution in [0.4, 0.5) is 16.2 Å². The predicted molar refractivity (Wildman–Crippen MR) is 116 cm³/mol. The molecule has 31 heavy (non-hydrogen) atoms. The maximum absolute atomic E-state index is 12.6. The summed E-state index contributed by atoms with van der Waals surface area (Å²) in [6.45, 7) is 8.84. The van der Waals surface area contributed by atoms with Crippen molar-refractivity contribution in [2.24, 2.45) is 0 Å². The van der Waals surface area contributed by atoms with Gasteiger partial charge in [-0.3, -0.25) is 10.1 Å². The quantitative estimate of drug-likeness (QED) is 0.662. The Morgan fingerprint density at radius 3 is 2.35 bits per heavy atom. The van der Waals surface area contributed by atoms with Crippen molar-refractivity contribution in [3.63, 3.8) is 0 Å². The van der Waals surface area contributed by atoms with Crippen LogP contribution >= 0.6 is 0 Å². The summed E-state index contributed by atoms with van der Waals surface area (Å²) < 4.78 is 15.5. The van der Waals surface area contributed by atoms with Gasteiger partial charge < -0.3 is 19.5 Å². The zero-order chi connectivity index (χ0) is 23.2. The Bertz CT molecular complexity index is 982. The topological polar surface area (TPSA) is 116 Å². The molecule has 9 heteroatoms. The van der Waals surface area contributed by atoms with Crippen molar-refractivity contribution in [1.82, 2.24) is 4.98 Å². The molecule has 166 valence electrons. The minimum atomic E-state index is -0.664. The number of methoxy groups -OCH3 is 1. The van der Waals surface area contributed by atoms with Crippen LogP contribution in [0.15, 0.2) is 30.3 Å². The number of aromatic nitrogens is 1. The summed E-state index contributed by atoms with van der Waals surface area (Å²) in [4.78, 5) is 40.8. The fraction of sp³-hybridized carbons (Fsp3) is 0.364. The highest BCUT2D eigenvalue weighted by atomic mass is 16.6. The van der Waals surface area contributed by atoms with Crippen LogP contribution in [0, 0.1) is 6.92 Å². The number of pyridine rings is 1. The lowest BCUT2D eigenvalue weighted by molar-refractivity contribution is 0.0523. The molecule has 0 radical (unpaired) electrons. The Kier molecular flexibility index (Phi) is 7.57. The van der Waals surface area contributed by atoms with Crippen molar-refractivity contribution < 1.29 is 28.6 Å². The second-order valence-corrected chi connectivity index (χ2v) is 7.55. The maximum Gasteiger partial charge on any atom is 0.412 e. The van der Waals surface area contributed by atoms with Crippen molar-refractivity contribution in [2.45, 2.75) is 40.2 Å². The van der Waals surface area contributed by atoms with E-state index in [4.69, 9.17) is 14.2 Å². The van der Waals surface area contributed by atoms with Gasteiger partial charge in [-0.2, -0.15) is 0 Å². The Morgan fingerprint density at radius 1 is 1.06 bits per heavy atom. The summed E-state index contributed by atoms with van der Waals surface area (Å²) >= 11 is 0. The fourth-order valence-electron chi connectivity index (χ4n) is 2.60. The van der Waals surface area contributed by atoms with E-state index in [-0.39, 0.29) is 12.3 Å². The lowest BCUT2D eigenvalue weighted by Gasteiger charge is -2.20. The number of anilines is 2. The van der Waals surface area contributed by atoms with Crippen LogP contribution in [-0.2, 0) is 9.47 Å². The summed E-state index contributed by atoms with van der Waals surface area (Å²) in [6, 6.07) is 7.71. The normalized spacial score (nSPS) is 10.8. The number of esters is 1. The van der Waals surface area contributed by atoms with Gasteiger partial charge in [0.25, 0.3) is 5.91 Å². The van der Waals surface area contributed by atoms with Crippen LogP contribution < -0.4 is 15.4 Å². The maximum atomic E-state index is 12.6. The monoisotopic (exact) mass is 429 g/mol. The lowest BCUT2D eigenvalue weighted by atomic mass is 10.1. The Hall–Kier alpha value is -3.62. The second kappa shape index (κ2) is 9.92. The first kappa shape index (κ1) is 23.7. The number of nitrogens with one attached hydrogen (secondary N) is 2. The van der Waals surface area contributed by atoms with Gasteiger partial charge in [0, 0.05) is 5.69 Å². The highest BCUT2D eigenvalue weighted by Crippen LogP contribution is 2.28. The van der Waals surface area contributed by atoms with Gasteiger partial charge in [0.15, 0.2) is 0 Å². The van der Waals surface area contributed by atoms with Gasteiger partial charge in [-0.05, 0) is 65.0 Å². The number of benzene rings is 1. The third-order valence-corrected chi connectivity index (χ3v) is 3.91. The van der Waals surface area contributed by atoms with Crippen LogP contribution in [0.5, 0.6) is 5.75 Å². The first-order valence-corrected chi connectivity index (χ1v) is 9.68. The lowest BCUT2D eigenvalue weighted by Crippen LogP contribution is -2.27. The molecule has 2 amide bonds. The molecule has 1 heterocycles. The van der Waals surface area contributed by atoms with Gasteiger partial charge >= 0.3 is 12.1 Å². The molecule has 2 aromatic rings. The third kappa shape index (κ3) is 6.70. The van der Waals surface area contributed by atoms with Crippen molar-refractivity contribution >= 4 is 29.3 Å². The molecule has 0 unspecified atom stereocenters. The minimum Gasteiger partial charge on any atom is -0.495 e. The van der Waals surface area contributed by atoms with E-state index >= 15 is 0 Å². The van der Waals surface area contributed by atoms with Crippen molar-refractivity contribution in [1.29, 1.82) is 0 Å². The van der Waals surface area contributed by atoms with E-state index in [1.165, 1.54) is 19.2 Å². The number of amides is 2. The highest BCUT2D eigenvalue weighted by Gasteiger charge is 2.19. The van der Waals surface area contributed by atoms with E-state index in [2.05, 4.69) is 15.6 Å². The SMILES string of the molecule is CCOC(=O)c1ccc(C(=O)Nc2ccc(OC)c(NC(=O)OC(C)(C)C)c2)nc1C. The number of hydrogen-bond donors (Lipinski definition) is 2. The molecule has 0 fully saturated rings. The molecule has 1 aromatic heterocycles. The molecule has 2 N–H and O–H groups in total. The van der Waals surface area contributed by atoms with Crippen LogP contribution in [-0.4, -0.2) is 42.3 Å². The largest absolute Gasteiger partial charge is 0.495 e. The molecule has 0 aliphatic heterocycles. The highest BCUT2D eigenvalue weighted by molar-refractivity contribution is 6.04. The van der Waals surface area contributed by atoms with Crippen LogP contribution in [0.3, 0.4) is 0 Å². The van der Waals surface area contributed by atoms with Crippen molar-refractivity contribution in [3.8, 4) is 5.75 Å². The van der Waals surface area contributed by atoms with Crippen molar-refractivity contribution in [3.05, 3.63) is 47.3 Å². The summed E-state index contributed by atoms with van der Waals surface area (Å²) in [7, 11) is 1.46. The molecule has 1 aromatic carbocycles. The van der Waals surface area contributed by atoms with Gasteiger partial charge in [-0.25, -0.2) is 14.6 Å². The van der Waals surface area contributed by atoms with Crippen molar-refractivity contribution in [2.75, 3.05) is 24.4 Å². The fourth-order valence-corrected chi connectivity index (χ4v) is 2.60. The molecule has 0 saturated carbocycles. The van der Waals surface area contributed by atoms with E-state index in [9.17, 15) is 14.4 Å². The molecule has 0 aliphatic carbocycles. The summed E-state index contributed by atoms with van der Waals surface area (Å²) in [5.74, 6) is -0.573. The third-order valence-electron chi connectivity index (χ3n) is 3.91. The number of aryl methyl sites for hydroxylation is 1. The van der Waals surface area contributed by atoms with Gasteiger partial charge in [0.1, 0.15) is 17.0 Å². The Labute approximate surface area is 181 Å². The Morgan fingerprint density at radius 2 is 1.77 bits per heavy atom. The van der Waals surface area contributed by atoms with E-state index in [0.29, 0.717) is 28.4 Å². The number of rotatable bonds is 6. The van der Waals surface area contributed by atoms with Crippen LogP contribution in [0.1, 0.15) is 54.2 Å². The zero-order valence-corrected chi connectivity index (χ0v) is 18.5. The molecule has 9 nitrogen and oxygen atoms in total. The summed E-state index contributed by atoms with van der Waals surface area (Å²) in [5, 5.41) is 5.32. The Balaban J connectivity index is 2.18. The van der Waals surface area contributed by atoms with Gasteiger partial charge in [0.05, 0.1) is 30.7 Å². The molecular weight excluding hydrogens is 402 g/mol. The molecule has 0 bridgehead atoms. The van der Waals surface area contributed by atoms with Crippen LogP contribution in [0.25, 0.3) is 0 Å². The van der Waals surface area contributed by atoms with E-state index < -0.39 is 23.6 Å². The van der Waals surface area contributed by atoms with Gasteiger partial charge in [-0.1, -0.05) is 0 Å². The van der Waals surface area contributed by atoms with E-state index in [1.807, 2.05) is 0 Å². The zero-order valence-electron chi connectivity index (χ0n) is 18.5. The number of carbonyl (C=O) groups excluding carboxylic acids is 3. The molecular formula is C22H27N3O6. The molecule has 0 spiro atoms. The number of nitrogens with zero attached hydrogens (tertiary/aromatic N) is 1. The standard InChI is InChI=1S/C22H27N3O6/c1-7-30-20(27)15-9-10-16(23-13(15)2)19(26)24-14-8-11-18(29-6)17(12-14)25-21(28)31-22(3,4)5/h8-12H,7H2,1-6H3,(H,24,26)(H,25,28). The van der Waals surface area contributed by atoms with Gasteiger partial charge in [0.2, 0.25) is 0 Å². The average Bonchev–Trinajstić information content (AvgIpc) is 2.66. The number of ether oxygens (including phenoxy) is 3. The molecule has 0 saturated heterocycles. The minimum absolute atomic E-state index is 0.128. The first-order valence-electron chi connectivity index (χ1n) is 9.68. The second-order valence-electron chi connectivity index (χ2n) is 7.55. The first-order chi connectivity index (χ1) is 14.5.